The van der Waals surface area contributed by atoms with Gasteiger partial charge in [-0.1, -0.05) is 15.9 Å². The molecule has 1 atom stereocenters. The molecule has 1 aliphatic heterocycles. The van der Waals surface area contributed by atoms with E-state index in [9.17, 15) is 9.90 Å². The van der Waals surface area contributed by atoms with Gasteiger partial charge in [0.2, 0.25) is 0 Å². The van der Waals surface area contributed by atoms with Gasteiger partial charge < -0.3 is 19.5 Å². The molecular formula is C16H22BrNO4. The summed E-state index contributed by atoms with van der Waals surface area (Å²) < 4.78 is 12.1. The van der Waals surface area contributed by atoms with Gasteiger partial charge in [0.25, 0.3) is 0 Å². The Morgan fingerprint density at radius 3 is 2.82 bits per heavy atom. The second kappa shape index (κ2) is 6.46. The molecule has 1 aromatic carbocycles. The number of carbonyl (C=O) groups is 1. The number of aromatic hydroxyl groups is 1. The summed E-state index contributed by atoms with van der Waals surface area (Å²) >= 11 is 3.51. The van der Waals surface area contributed by atoms with Crippen LogP contribution in [-0.4, -0.2) is 41.9 Å². The van der Waals surface area contributed by atoms with E-state index in [0.29, 0.717) is 13.2 Å². The number of ether oxygens (including phenoxy) is 2. The van der Waals surface area contributed by atoms with Crippen LogP contribution in [0.3, 0.4) is 0 Å². The summed E-state index contributed by atoms with van der Waals surface area (Å²) in [4.78, 5) is 13.6. The van der Waals surface area contributed by atoms with E-state index in [1.807, 2.05) is 26.8 Å². The Hall–Kier alpha value is -1.27. The van der Waals surface area contributed by atoms with Crippen molar-refractivity contribution in [1.82, 2.24) is 4.90 Å². The number of nitrogens with zero attached hydrogens (tertiary/aromatic N) is 1. The van der Waals surface area contributed by atoms with Gasteiger partial charge in [-0.05, 0) is 44.9 Å². The van der Waals surface area contributed by atoms with Crippen LogP contribution in [0, 0.1) is 0 Å². The quantitative estimate of drug-likeness (QED) is 0.861. The fourth-order valence-electron chi connectivity index (χ4n) is 2.43. The zero-order chi connectivity index (χ0) is 16.5. The third kappa shape index (κ3) is 3.93. The fourth-order valence-corrected chi connectivity index (χ4v) is 2.98. The van der Waals surface area contributed by atoms with Gasteiger partial charge in [0.05, 0.1) is 13.2 Å². The number of phenolic OH excluding ortho intramolecular Hbond substituents is 1. The highest BCUT2D eigenvalue weighted by Crippen LogP contribution is 2.38. The standard InChI is InChI=1S/C16H22BrNO4/c1-16(2,3)22-15(20)18(4)9-13-14-10(7-8-21-13)11(17)5-6-12(14)19/h5-6,13,19H,7-9H2,1-4H3. The molecule has 1 amide bonds. The highest BCUT2D eigenvalue weighted by atomic mass is 79.9. The number of amides is 1. The van der Waals surface area contributed by atoms with E-state index in [2.05, 4.69) is 15.9 Å². The van der Waals surface area contributed by atoms with E-state index in [0.717, 1.165) is 22.0 Å². The minimum absolute atomic E-state index is 0.195. The van der Waals surface area contributed by atoms with Crippen LogP contribution < -0.4 is 0 Å². The Balaban J connectivity index is 2.16. The van der Waals surface area contributed by atoms with Gasteiger partial charge in [0.15, 0.2) is 0 Å². The molecule has 2 rings (SSSR count). The molecule has 0 radical (unpaired) electrons. The number of carbonyl (C=O) groups excluding carboxylic acids is 1. The normalized spacial score (nSPS) is 17.8. The van der Waals surface area contributed by atoms with E-state index >= 15 is 0 Å². The maximum absolute atomic E-state index is 12.1. The molecule has 1 unspecified atom stereocenters. The summed E-state index contributed by atoms with van der Waals surface area (Å²) in [7, 11) is 1.67. The van der Waals surface area contributed by atoms with Crippen LogP contribution in [0.4, 0.5) is 4.79 Å². The van der Waals surface area contributed by atoms with Crippen LogP contribution >= 0.6 is 15.9 Å². The van der Waals surface area contributed by atoms with Crippen molar-refractivity contribution in [2.24, 2.45) is 0 Å². The minimum Gasteiger partial charge on any atom is -0.508 e. The largest absolute Gasteiger partial charge is 0.508 e. The van der Waals surface area contributed by atoms with Gasteiger partial charge in [-0.2, -0.15) is 0 Å². The first-order valence-corrected chi connectivity index (χ1v) is 8.04. The fraction of sp³-hybridized carbons (Fsp3) is 0.562. The molecule has 1 N–H and O–H groups in total. The number of halogens is 1. The molecule has 5 nitrogen and oxygen atoms in total. The number of benzene rings is 1. The summed E-state index contributed by atoms with van der Waals surface area (Å²) in [6.45, 7) is 6.37. The second-order valence-corrected chi connectivity index (χ2v) is 7.28. The van der Waals surface area contributed by atoms with Crippen LogP contribution in [0.5, 0.6) is 5.75 Å². The van der Waals surface area contributed by atoms with Gasteiger partial charge >= 0.3 is 6.09 Å². The van der Waals surface area contributed by atoms with Gasteiger partial charge in [0, 0.05) is 17.1 Å². The topological polar surface area (TPSA) is 59.0 Å². The summed E-state index contributed by atoms with van der Waals surface area (Å²) in [5, 5.41) is 10.2. The van der Waals surface area contributed by atoms with E-state index in [1.54, 1.807) is 13.1 Å². The van der Waals surface area contributed by atoms with E-state index in [-0.39, 0.29) is 11.9 Å². The third-order valence-corrected chi connectivity index (χ3v) is 4.16. The molecule has 6 heteroatoms. The van der Waals surface area contributed by atoms with Crippen LogP contribution in [0.15, 0.2) is 16.6 Å². The lowest BCUT2D eigenvalue weighted by molar-refractivity contribution is -0.00258. The van der Waals surface area contributed by atoms with Crippen molar-refractivity contribution in [3.8, 4) is 5.75 Å². The highest BCUT2D eigenvalue weighted by molar-refractivity contribution is 9.10. The minimum atomic E-state index is -0.540. The Labute approximate surface area is 139 Å². The summed E-state index contributed by atoms with van der Waals surface area (Å²) in [5.74, 6) is 0.195. The third-order valence-electron chi connectivity index (χ3n) is 3.41. The Morgan fingerprint density at radius 1 is 1.50 bits per heavy atom. The molecule has 1 heterocycles. The SMILES string of the molecule is CN(CC1OCCc2c(Br)ccc(O)c21)C(=O)OC(C)(C)C. The average Bonchev–Trinajstić information content (AvgIpc) is 2.41. The van der Waals surface area contributed by atoms with Crippen molar-refractivity contribution in [1.29, 1.82) is 0 Å². The molecule has 1 aromatic rings. The van der Waals surface area contributed by atoms with Crippen molar-refractivity contribution < 1.29 is 19.4 Å². The molecule has 0 saturated heterocycles. The number of likely N-dealkylation sites (N-methyl/N-ethyl adjacent to an activating group) is 1. The molecule has 1 aliphatic rings. The van der Waals surface area contributed by atoms with Crippen LogP contribution in [0.2, 0.25) is 0 Å². The van der Waals surface area contributed by atoms with Crippen molar-refractivity contribution in [2.45, 2.75) is 38.9 Å². The number of fused-ring (bicyclic) bond motifs is 1. The van der Waals surface area contributed by atoms with Gasteiger partial charge in [-0.25, -0.2) is 4.79 Å². The first-order chi connectivity index (χ1) is 10.2. The maximum Gasteiger partial charge on any atom is 0.410 e. The van der Waals surface area contributed by atoms with Gasteiger partial charge in [-0.15, -0.1) is 0 Å². The molecule has 0 spiro atoms. The molecule has 122 valence electrons. The lowest BCUT2D eigenvalue weighted by atomic mass is 9.96. The molecule has 0 fully saturated rings. The summed E-state index contributed by atoms with van der Waals surface area (Å²) in [5.41, 5.74) is 1.24. The van der Waals surface area contributed by atoms with Crippen molar-refractivity contribution in [2.75, 3.05) is 20.2 Å². The van der Waals surface area contributed by atoms with Crippen molar-refractivity contribution in [3.05, 3.63) is 27.7 Å². The molecule has 0 aromatic heterocycles. The van der Waals surface area contributed by atoms with Crippen LogP contribution in [-0.2, 0) is 15.9 Å². The monoisotopic (exact) mass is 371 g/mol. The second-order valence-electron chi connectivity index (χ2n) is 6.43. The number of phenols is 1. The highest BCUT2D eigenvalue weighted by Gasteiger charge is 2.29. The van der Waals surface area contributed by atoms with E-state index in [1.165, 1.54) is 4.90 Å². The first kappa shape index (κ1) is 17.1. The van der Waals surface area contributed by atoms with Crippen molar-refractivity contribution in [3.63, 3.8) is 0 Å². The predicted molar refractivity (Wildman–Crippen MR) is 87.1 cm³/mol. The Bertz CT molecular complexity index is 568. The molecule has 0 aliphatic carbocycles. The summed E-state index contributed by atoms with van der Waals surface area (Å²) in [6.07, 6.45) is -0.0340. The zero-order valence-electron chi connectivity index (χ0n) is 13.4. The number of rotatable bonds is 2. The molecular weight excluding hydrogens is 350 g/mol. The smallest absolute Gasteiger partial charge is 0.410 e. The predicted octanol–water partition coefficient (Wildman–Crippen LogP) is 3.64. The van der Waals surface area contributed by atoms with Gasteiger partial charge in [-0.3, -0.25) is 0 Å². The average molecular weight is 372 g/mol. The maximum atomic E-state index is 12.1. The Morgan fingerprint density at radius 2 is 2.18 bits per heavy atom. The molecule has 22 heavy (non-hydrogen) atoms. The Kier molecular flexibility index (Phi) is 5.02. The van der Waals surface area contributed by atoms with E-state index in [4.69, 9.17) is 9.47 Å². The first-order valence-electron chi connectivity index (χ1n) is 7.25. The van der Waals surface area contributed by atoms with Crippen LogP contribution in [0.25, 0.3) is 0 Å². The van der Waals surface area contributed by atoms with Crippen molar-refractivity contribution >= 4 is 22.0 Å². The van der Waals surface area contributed by atoms with Crippen LogP contribution in [0.1, 0.15) is 38.0 Å². The van der Waals surface area contributed by atoms with Gasteiger partial charge in [0.1, 0.15) is 17.5 Å². The number of hydrogen-bond donors (Lipinski definition) is 1. The molecule has 0 saturated carbocycles. The summed E-state index contributed by atoms with van der Waals surface area (Å²) in [6, 6.07) is 3.46. The lowest BCUT2D eigenvalue weighted by Gasteiger charge is -2.31. The molecule has 0 bridgehead atoms. The van der Waals surface area contributed by atoms with E-state index < -0.39 is 11.7 Å². The lowest BCUT2D eigenvalue weighted by Crippen LogP contribution is -2.38. The zero-order valence-corrected chi connectivity index (χ0v) is 14.9. The number of hydrogen-bond acceptors (Lipinski definition) is 4.